The number of carbonyl (C=O) groups is 3. The van der Waals surface area contributed by atoms with E-state index in [1.807, 2.05) is 0 Å². The first-order chi connectivity index (χ1) is 9.09. The Morgan fingerprint density at radius 3 is 1.85 bits per heavy atom. The summed E-state index contributed by atoms with van der Waals surface area (Å²) in [5.41, 5.74) is 1.10. The summed E-state index contributed by atoms with van der Waals surface area (Å²) in [4.78, 5) is 35.4. The molecule has 0 bridgehead atoms. The summed E-state index contributed by atoms with van der Waals surface area (Å²) >= 11 is 0. The zero-order valence-corrected chi connectivity index (χ0v) is 12.2. The van der Waals surface area contributed by atoms with E-state index in [2.05, 4.69) is 0 Å². The summed E-state index contributed by atoms with van der Waals surface area (Å²) in [5, 5.41) is 8.94. The Morgan fingerprint density at radius 2 is 1.30 bits per heavy atom. The van der Waals surface area contributed by atoms with E-state index in [1.165, 1.54) is 18.2 Å². The maximum absolute atomic E-state index is 12.3. The van der Waals surface area contributed by atoms with Crippen LogP contribution < -0.4 is 0 Å². The molecular weight excluding hydrogens is 441 g/mol. The van der Waals surface area contributed by atoms with Crippen LogP contribution >= 0.6 is 0 Å². The van der Waals surface area contributed by atoms with Crippen molar-refractivity contribution in [1.82, 2.24) is 0 Å². The van der Waals surface area contributed by atoms with Crippen molar-refractivity contribution in [3.8, 4) is 0 Å². The fourth-order valence-corrected chi connectivity index (χ4v) is 2.23. The van der Waals surface area contributed by atoms with Gasteiger partial charge in [-0.05, 0) is 18.2 Å². The summed E-state index contributed by atoms with van der Waals surface area (Å²) in [6, 6.07) is 10.5. The summed E-state index contributed by atoms with van der Waals surface area (Å²) in [6.45, 7) is 0. The van der Waals surface area contributed by atoms with Gasteiger partial charge in [0.05, 0.1) is 5.56 Å². The van der Waals surface area contributed by atoms with Crippen LogP contribution in [0.1, 0.15) is 42.2 Å². The van der Waals surface area contributed by atoms with Crippen molar-refractivity contribution in [2.75, 3.05) is 0 Å². The molecule has 0 atom stereocenters. The summed E-state index contributed by atoms with van der Waals surface area (Å²) in [7, 11) is 0. The molecule has 0 saturated heterocycles. The van der Waals surface area contributed by atoms with E-state index in [9.17, 15) is 14.4 Å². The van der Waals surface area contributed by atoms with Crippen molar-refractivity contribution >= 4 is 17.5 Å². The van der Waals surface area contributed by atoms with Crippen LogP contribution in [0.4, 0.5) is 0 Å². The third kappa shape index (κ3) is 2.04. The van der Waals surface area contributed by atoms with Crippen molar-refractivity contribution in [2.45, 2.75) is 0 Å². The van der Waals surface area contributed by atoms with Gasteiger partial charge in [-0.25, -0.2) is 4.79 Å². The first kappa shape index (κ1) is 14.4. The van der Waals surface area contributed by atoms with Crippen LogP contribution in [0.3, 0.4) is 0 Å². The van der Waals surface area contributed by atoms with Crippen molar-refractivity contribution in [1.29, 1.82) is 0 Å². The third-order valence-electron chi connectivity index (χ3n) is 3.17. The average molecular weight is 449 g/mol. The Balaban J connectivity index is 0.00000147. The van der Waals surface area contributed by atoms with Crippen LogP contribution in [0.15, 0.2) is 42.5 Å². The fourth-order valence-electron chi connectivity index (χ4n) is 2.23. The largest absolute Gasteiger partial charge is 0.478 e. The van der Waals surface area contributed by atoms with Crippen LogP contribution in [0, 0.1) is 0 Å². The molecule has 0 spiro atoms. The molecule has 2 aromatic carbocycles. The van der Waals surface area contributed by atoms with Crippen LogP contribution in [-0.4, -0.2) is 22.6 Å². The van der Waals surface area contributed by atoms with Gasteiger partial charge in [0.1, 0.15) is 0 Å². The van der Waals surface area contributed by atoms with E-state index in [1.54, 1.807) is 24.3 Å². The quantitative estimate of drug-likeness (QED) is 0.579. The minimum atomic E-state index is -1.12. The second-order valence-electron chi connectivity index (χ2n) is 4.27. The molecular formula is C15H8AuO4. The van der Waals surface area contributed by atoms with Crippen molar-refractivity contribution in [3.05, 3.63) is 70.3 Å². The maximum atomic E-state index is 12.3. The summed E-state index contributed by atoms with van der Waals surface area (Å²) in [6.07, 6.45) is 0. The predicted octanol–water partition coefficient (Wildman–Crippen LogP) is 2.16. The van der Waals surface area contributed by atoms with Gasteiger partial charge in [-0.3, -0.25) is 9.59 Å². The van der Waals surface area contributed by atoms with E-state index >= 15 is 0 Å². The number of rotatable bonds is 1. The van der Waals surface area contributed by atoms with Gasteiger partial charge >= 0.3 is 5.97 Å². The second kappa shape index (κ2) is 5.17. The Hall–Kier alpha value is -2.01. The standard InChI is InChI=1S/C15H8O4.Au/c16-13-9-3-1-2-4-10(9)14(17)12-7-8(15(18)19)5-6-11(12)13;/h1-7H,(H,18,19);. The molecule has 1 radical (unpaired) electrons. The van der Waals surface area contributed by atoms with Gasteiger partial charge in [0.25, 0.3) is 0 Å². The number of fused-ring (bicyclic) bond motifs is 2. The number of ketones is 2. The molecule has 1 aliphatic rings. The molecule has 0 fully saturated rings. The number of aromatic carboxylic acids is 1. The van der Waals surface area contributed by atoms with E-state index < -0.39 is 5.97 Å². The van der Waals surface area contributed by atoms with Crippen LogP contribution in [0.2, 0.25) is 0 Å². The topological polar surface area (TPSA) is 71.4 Å². The molecule has 20 heavy (non-hydrogen) atoms. The van der Waals surface area contributed by atoms with Crippen LogP contribution in [0.5, 0.6) is 0 Å². The van der Waals surface area contributed by atoms with Gasteiger partial charge in [0.2, 0.25) is 0 Å². The SMILES string of the molecule is O=C(O)c1ccc2c(c1)C(=O)c1ccccc1C2=O.[Au]. The Kier molecular flexibility index (Phi) is 3.72. The molecule has 103 valence electrons. The molecule has 3 rings (SSSR count). The Morgan fingerprint density at radius 1 is 0.800 bits per heavy atom. The maximum Gasteiger partial charge on any atom is 0.335 e. The third-order valence-corrected chi connectivity index (χ3v) is 3.17. The first-order valence-electron chi connectivity index (χ1n) is 5.65. The normalized spacial score (nSPS) is 12.2. The zero-order valence-electron chi connectivity index (χ0n) is 10.0. The van der Waals surface area contributed by atoms with Gasteiger partial charge in [0, 0.05) is 44.6 Å². The molecule has 4 nitrogen and oxygen atoms in total. The summed E-state index contributed by atoms with van der Waals surface area (Å²) in [5.74, 6) is -1.68. The Labute approximate surface area is 129 Å². The molecule has 5 heteroatoms. The molecule has 0 aliphatic heterocycles. The minimum Gasteiger partial charge on any atom is -0.478 e. The van der Waals surface area contributed by atoms with Crippen molar-refractivity contribution in [3.63, 3.8) is 0 Å². The van der Waals surface area contributed by atoms with E-state index in [4.69, 9.17) is 5.11 Å². The second-order valence-corrected chi connectivity index (χ2v) is 4.27. The van der Waals surface area contributed by atoms with E-state index in [0.717, 1.165) is 0 Å². The first-order valence-corrected chi connectivity index (χ1v) is 5.65. The van der Waals surface area contributed by atoms with Crippen molar-refractivity contribution < 1.29 is 41.9 Å². The molecule has 1 aliphatic carbocycles. The van der Waals surface area contributed by atoms with Gasteiger partial charge in [0.15, 0.2) is 11.6 Å². The van der Waals surface area contributed by atoms with Gasteiger partial charge in [-0.15, -0.1) is 0 Å². The van der Waals surface area contributed by atoms with Gasteiger partial charge in [-0.2, -0.15) is 0 Å². The van der Waals surface area contributed by atoms with E-state index in [0.29, 0.717) is 11.1 Å². The number of hydrogen-bond acceptors (Lipinski definition) is 3. The number of benzene rings is 2. The summed E-state index contributed by atoms with van der Waals surface area (Å²) < 4.78 is 0. The zero-order chi connectivity index (χ0) is 13.6. The van der Waals surface area contributed by atoms with Crippen molar-refractivity contribution in [2.24, 2.45) is 0 Å². The molecule has 0 amide bonds. The monoisotopic (exact) mass is 449 g/mol. The molecule has 0 unspecified atom stereocenters. The number of hydrogen-bond donors (Lipinski definition) is 1. The molecule has 2 aromatic rings. The molecule has 0 heterocycles. The average Bonchev–Trinajstić information content (AvgIpc) is 2.44. The molecule has 0 aromatic heterocycles. The molecule has 1 N–H and O–H groups in total. The fraction of sp³-hybridized carbons (Fsp3) is 0. The van der Waals surface area contributed by atoms with E-state index in [-0.39, 0.29) is 50.6 Å². The van der Waals surface area contributed by atoms with Crippen LogP contribution in [0.25, 0.3) is 0 Å². The van der Waals surface area contributed by atoms with Crippen LogP contribution in [-0.2, 0) is 22.4 Å². The predicted molar refractivity (Wildman–Crippen MR) is 66.7 cm³/mol. The number of carboxylic acid groups (broad SMARTS) is 1. The number of carbonyl (C=O) groups excluding carboxylic acids is 2. The molecule has 0 saturated carbocycles. The number of carboxylic acids is 1. The van der Waals surface area contributed by atoms with Gasteiger partial charge < -0.3 is 5.11 Å². The van der Waals surface area contributed by atoms with Gasteiger partial charge in [-0.1, -0.05) is 24.3 Å². The minimum absolute atomic E-state index is 0. The smallest absolute Gasteiger partial charge is 0.335 e. The Bertz CT molecular complexity index is 749.